The lowest BCUT2D eigenvalue weighted by atomic mass is 9.34. The van der Waals surface area contributed by atoms with E-state index in [2.05, 4.69) is 405 Å². The number of hydrogen-bond donors (Lipinski definition) is 0. The molecule has 0 saturated carbocycles. The lowest BCUT2D eigenvalue weighted by molar-refractivity contribution is 0.464. The number of fused-ring (bicyclic) bond motifs is 8. The van der Waals surface area contributed by atoms with E-state index < -0.39 is 0 Å². The van der Waals surface area contributed by atoms with E-state index in [-0.39, 0.29) is 29.7 Å². The summed E-state index contributed by atoms with van der Waals surface area (Å²) in [4.78, 5) is 4.69. The third kappa shape index (κ3) is 12.4. The monoisotopic (exact) mass is 1420 g/mol. The third-order valence-corrected chi connectivity index (χ3v) is 22.9. The van der Waals surface area contributed by atoms with Crippen molar-refractivity contribution < 1.29 is 18.9 Å². The van der Waals surface area contributed by atoms with Gasteiger partial charge in [-0.1, -0.05) is 298 Å². The minimum absolute atomic E-state index is 0.0210. The summed E-state index contributed by atoms with van der Waals surface area (Å²) in [6.45, 7) is 18.1. The fraction of sp³-hybridized carbons (Fsp3) is 0.118. The van der Waals surface area contributed by atoms with Crippen molar-refractivity contribution in [1.29, 1.82) is 0 Å². The first kappa shape index (κ1) is 67.8. The Kier molecular flexibility index (Phi) is 16.6. The summed E-state index contributed by atoms with van der Waals surface area (Å²) in [6.07, 6.45) is 0.773. The van der Waals surface area contributed by atoms with Gasteiger partial charge in [-0.3, -0.25) is 0 Å². The molecule has 8 heteroatoms. The van der Waals surface area contributed by atoms with Crippen molar-refractivity contribution in [2.75, 3.05) is 9.80 Å². The topological polar surface area (TPSA) is 43.4 Å². The van der Waals surface area contributed by atoms with Gasteiger partial charge in [0.05, 0.1) is 11.4 Å². The number of nitrogens with zero attached hydrogens (tertiary/aromatic N) is 2. The molecule has 530 valence electrons. The molecule has 15 aromatic rings. The summed E-state index contributed by atoms with van der Waals surface area (Å²) in [7, 11) is 0. The van der Waals surface area contributed by atoms with Crippen LogP contribution >= 0.6 is 0 Å². The molecule has 6 nitrogen and oxygen atoms in total. The Balaban J connectivity index is 0.677. The van der Waals surface area contributed by atoms with Gasteiger partial charge in [-0.25, -0.2) is 0 Å². The van der Waals surface area contributed by atoms with E-state index in [1.807, 2.05) is 0 Å². The van der Waals surface area contributed by atoms with Crippen LogP contribution in [-0.4, -0.2) is 13.4 Å². The van der Waals surface area contributed by atoms with Gasteiger partial charge in [-0.2, -0.15) is 0 Å². The van der Waals surface area contributed by atoms with Crippen LogP contribution < -0.4 is 61.5 Å². The highest BCUT2D eigenvalue weighted by Crippen LogP contribution is 2.48. The summed E-state index contributed by atoms with van der Waals surface area (Å²) in [5.74, 6) is 6.43. The maximum atomic E-state index is 7.41. The zero-order valence-electron chi connectivity index (χ0n) is 63.2. The number of anilines is 6. The molecule has 0 aromatic heterocycles. The highest BCUT2D eigenvalue weighted by molar-refractivity contribution is 6.99. The maximum absolute atomic E-state index is 7.41. The second-order valence-corrected chi connectivity index (χ2v) is 32.5. The third-order valence-electron chi connectivity index (χ3n) is 22.9. The number of rotatable bonds is 14. The van der Waals surface area contributed by atoms with Crippen LogP contribution in [0, 0.1) is 0 Å². The van der Waals surface area contributed by atoms with Crippen molar-refractivity contribution in [1.82, 2.24) is 0 Å². The van der Waals surface area contributed by atoms with Crippen molar-refractivity contribution in [3.8, 4) is 102 Å². The summed E-state index contributed by atoms with van der Waals surface area (Å²) in [6, 6.07) is 123. The second kappa shape index (κ2) is 26.9. The zero-order chi connectivity index (χ0) is 74.6. The van der Waals surface area contributed by atoms with Crippen molar-refractivity contribution in [3.05, 3.63) is 362 Å². The van der Waals surface area contributed by atoms with Crippen LogP contribution in [0.5, 0.6) is 46.0 Å². The molecule has 15 aromatic carbocycles. The number of benzene rings is 15. The highest BCUT2D eigenvalue weighted by atomic mass is 16.5. The quantitative estimate of drug-likeness (QED) is 0.101. The van der Waals surface area contributed by atoms with Gasteiger partial charge in [0.2, 0.25) is 0 Å². The van der Waals surface area contributed by atoms with Crippen LogP contribution in [0.3, 0.4) is 0 Å². The van der Waals surface area contributed by atoms with Gasteiger partial charge in [0, 0.05) is 57.9 Å². The molecule has 4 aliphatic heterocycles. The highest BCUT2D eigenvalue weighted by Gasteiger charge is 2.44. The molecule has 0 N–H and O–H groups in total. The standard InChI is InChI=1S/C102H82B2N2O4/c1-100(2,3)76-39-47-80(48-40-76)105(79-45-33-70(34-46-79)66-23-13-9-14-24-66)83-61-94-99-97(62-83)110-93-60-74(38-56-89(93)104(99)88-55-37-73(59-92(88)109-94)69-29-19-12-20-30-69)85-32-22-21-31-75(85)65-102(7,8)78-43-51-82(52-44-78)106(81-49-41-77(42-50-81)101(4,5)6)84-63-95-98-96(64-84)108-91-58-72(68-27-17-11-18-28-68)36-54-87(91)103(98)86-53-35-71(57-90(86)107-95)67-25-15-10-16-26-67/h9-64H,65H2,1-8H3. The zero-order valence-corrected chi connectivity index (χ0v) is 63.2. The van der Waals surface area contributed by atoms with Gasteiger partial charge in [0.25, 0.3) is 13.4 Å². The van der Waals surface area contributed by atoms with Gasteiger partial charge < -0.3 is 28.7 Å². The maximum Gasteiger partial charge on any atom is 0.260 e. The summed E-state index contributed by atoms with van der Waals surface area (Å²) in [5.41, 5.74) is 28.3. The van der Waals surface area contributed by atoms with E-state index in [4.69, 9.17) is 18.9 Å². The van der Waals surface area contributed by atoms with Gasteiger partial charge in [-0.05, 0) is 195 Å². The second-order valence-electron chi connectivity index (χ2n) is 32.5. The first-order valence-electron chi connectivity index (χ1n) is 38.4. The van der Waals surface area contributed by atoms with E-state index in [1.165, 1.54) is 33.4 Å². The summed E-state index contributed by atoms with van der Waals surface area (Å²) < 4.78 is 29.1. The van der Waals surface area contributed by atoms with E-state index in [1.54, 1.807) is 0 Å². The van der Waals surface area contributed by atoms with Gasteiger partial charge >= 0.3 is 0 Å². The normalized spacial score (nSPS) is 12.8. The molecule has 0 unspecified atom stereocenters. The fourth-order valence-corrected chi connectivity index (χ4v) is 17.0. The SMILES string of the molecule is CC(C)(C)c1ccc(N(c2ccc(C(C)(C)Cc3ccccc3-c3ccc4c(c3)Oc3cc(N(c5ccc(-c6ccccc6)cc5)c5ccc(C(C)(C)C)cc5)cc5c3B4c3ccc(-c4ccccc4)cc3O5)cc2)c2cc3c4c(c2)Oc2cc(-c5ccccc5)ccc2B4c2ccc(-c4ccccc4)cc2O3)cc1. The molecule has 0 atom stereocenters. The largest absolute Gasteiger partial charge is 0.458 e. The van der Waals surface area contributed by atoms with Crippen molar-refractivity contribution in [3.63, 3.8) is 0 Å². The van der Waals surface area contributed by atoms with Gasteiger partial charge in [-0.15, -0.1) is 0 Å². The molecule has 4 aliphatic rings. The van der Waals surface area contributed by atoms with Crippen molar-refractivity contribution in [2.45, 2.75) is 78.1 Å². The smallest absolute Gasteiger partial charge is 0.260 e. The van der Waals surface area contributed by atoms with E-state index in [0.29, 0.717) is 0 Å². The Morgan fingerprint density at radius 1 is 0.236 bits per heavy atom. The van der Waals surface area contributed by atoms with E-state index in [0.717, 1.165) is 164 Å². The Morgan fingerprint density at radius 3 is 0.855 bits per heavy atom. The van der Waals surface area contributed by atoms with Crippen LogP contribution in [0.4, 0.5) is 34.1 Å². The molecule has 0 spiro atoms. The Bertz CT molecular complexity index is 5920. The van der Waals surface area contributed by atoms with E-state index >= 15 is 0 Å². The fourth-order valence-electron chi connectivity index (χ4n) is 17.0. The van der Waals surface area contributed by atoms with Gasteiger partial charge in [0.15, 0.2) is 0 Å². The molecule has 0 bridgehead atoms. The summed E-state index contributed by atoms with van der Waals surface area (Å²) >= 11 is 0. The predicted molar refractivity (Wildman–Crippen MR) is 459 cm³/mol. The van der Waals surface area contributed by atoms with Crippen LogP contribution in [0.15, 0.2) is 340 Å². The lowest BCUT2D eigenvalue weighted by Crippen LogP contribution is -2.57. The van der Waals surface area contributed by atoms with Crippen LogP contribution in [0.1, 0.15) is 77.6 Å². The average Bonchev–Trinajstić information content (AvgIpc) is 0.721. The minimum atomic E-state index is -0.305. The Morgan fingerprint density at radius 2 is 0.509 bits per heavy atom. The van der Waals surface area contributed by atoms with Gasteiger partial charge in [0.1, 0.15) is 46.0 Å². The number of ether oxygens (including phenoxy) is 4. The van der Waals surface area contributed by atoms with Crippen molar-refractivity contribution in [2.24, 2.45) is 0 Å². The number of hydrogen-bond acceptors (Lipinski definition) is 6. The molecule has 0 amide bonds. The van der Waals surface area contributed by atoms with E-state index in [9.17, 15) is 0 Å². The van der Waals surface area contributed by atoms with Crippen LogP contribution in [0.25, 0.3) is 55.6 Å². The first-order chi connectivity index (χ1) is 53.5. The molecular formula is C102H82B2N2O4. The summed E-state index contributed by atoms with van der Waals surface area (Å²) in [5, 5.41) is 0. The average molecular weight is 1420 g/mol. The molecule has 0 fully saturated rings. The Hall–Kier alpha value is -12.8. The molecular weight excluding hydrogens is 1340 g/mol. The molecule has 19 rings (SSSR count). The minimum Gasteiger partial charge on any atom is -0.458 e. The Labute approximate surface area is 646 Å². The van der Waals surface area contributed by atoms with Crippen LogP contribution in [-0.2, 0) is 22.7 Å². The molecule has 0 saturated heterocycles. The molecule has 0 radical (unpaired) electrons. The molecule has 110 heavy (non-hydrogen) atoms. The predicted octanol–water partition coefficient (Wildman–Crippen LogP) is 23.5. The van der Waals surface area contributed by atoms with Crippen molar-refractivity contribution >= 4 is 80.3 Å². The molecule has 4 heterocycles. The van der Waals surface area contributed by atoms with Crippen LogP contribution in [0.2, 0.25) is 0 Å². The first-order valence-corrected chi connectivity index (χ1v) is 38.4. The lowest BCUT2D eigenvalue weighted by Gasteiger charge is -2.35. The molecule has 0 aliphatic carbocycles.